The number of nitrogen functional groups attached to an aromatic ring is 1. The lowest BCUT2D eigenvalue weighted by Crippen LogP contribution is -2.27. The molecule has 0 saturated heterocycles. The van der Waals surface area contributed by atoms with E-state index in [1.807, 2.05) is 6.92 Å². The van der Waals surface area contributed by atoms with E-state index in [-0.39, 0.29) is 5.82 Å². The zero-order valence-electron chi connectivity index (χ0n) is 11.8. The van der Waals surface area contributed by atoms with Gasteiger partial charge in [0.15, 0.2) is 11.6 Å². The lowest BCUT2D eigenvalue weighted by Gasteiger charge is -2.26. The molecule has 0 unspecified atom stereocenters. The Balaban J connectivity index is 2.25. The summed E-state index contributed by atoms with van der Waals surface area (Å²) in [6.07, 6.45) is 3.63. The summed E-state index contributed by atoms with van der Waals surface area (Å²) in [7, 11) is 0. The average molecular weight is 266 g/mol. The van der Waals surface area contributed by atoms with Crippen LogP contribution in [0.4, 0.5) is 15.8 Å². The third kappa shape index (κ3) is 3.52. The van der Waals surface area contributed by atoms with Gasteiger partial charge in [-0.15, -0.1) is 0 Å². The lowest BCUT2D eigenvalue weighted by molar-refractivity contribution is 0.321. The van der Waals surface area contributed by atoms with Crippen LogP contribution in [-0.2, 0) is 0 Å². The Kier molecular flexibility index (Phi) is 4.51. The molecule has 1 fully saturated rings. The summed E-state index contributed by atoms with van der Waals surface area (Å²) in [6.45, 7) is 6.40. The normalized spacial score (nSPS) is 14.5. The summed E-state index contributed by atoms with van der Waals surface area (Å²) in [5.41, 5.74) is 7.37. The highest BCUT2D eigenvalue weighted by atomic mass is 19.1. The molecule has 2 rings (SSSR count). The van der Waals surface area contributed by atoms with Crippen molar-refractivity contribution in [2.75, 3.05) is 30.3 Å². The van der Waals surface area contributed by atoms with Gasteiger partial charge in [-0.1, -0.05) is 6.92 Å². The summed E-state index contributed by atoms with van der Waals surface area (Å²) in [5, 5.41) is 0. The van der Waals surface area contributed by atoms with E-state index in [1.165, 1.54) is 18.9 Å². The highest BCUT2D eigenvalue weighted by molar-refractivity contribution is 5.70. The molecule has 3 nitrogen and oxygen atoms in total. The Hall–Kier alpha value is -1.45. The molecule has 0 aromatic heterocycles. The van der Waals surface area contributed by atoms with Crippen LogP contribution < -0.4 is 15.4 Å². The standard InChI is InChI=1S/C15H23FN2O/c1-3-7-18(10-11-5-6-11)14-9-15(19-4-2)12(16)8-13(14)17/h8-9,11H,3-7,10,17H2,1-2H3. The molecular weight excluding hydrogens is 243 g/mol. The molecule has 0 amide bonds. The van der Waals surface area contributed by atoms with Gasteiger partial charge in [0, 0.05) is 25.2 Å². The fourth-order valence-corrected chi connectivity index (χ4v) is 2.29. The maximum atomic E-state index is 13.7. The maximum absolute atomic E-state index is 13.7. The Bertz CT molecular complexity index is 432. The number of rotatable bonds is 7. The van der Waals surface area contributed by atoms with Gasteiger partial charge in [0.05, 0.1) is 18.0 Å². The minimum Gasteiger partial charge on any atom is -0.491 e. The monoisotopic (exact) mass is 266 g/mol. The number of halogens is 1. The van der Waals surface area contributed by atoms with E-state index in [9.17, 15) is 4.39 Å². The lowest BCUT2D eigenvalue weighted by atomic mass is 10.2. The van der Waals surface area contributed by atoms with Crippen molar-refractivity contribution in [3.8, 4) is 5.75 Å². The Morgan fingerprint density at radius 2 is 2.11 bits per heavy atom. The first-order chi connectivity index (χ1) is 9.15. The van der Waals surface area contributed by atoms with Crippen molar-refractivity contribution in [2.24, 2.45) is 5.92 Å². The highest BCUT2D eigenvalue weighted by Crippen LogP contribution is 2.35. The molecule has 2 N–H and O–H groups in total. The van der Waals surface area contributed by atoms with Gasteiger partial charge in [-0.25, -0.2) is 4.39 Å². The maximum Gasteiger partial charge on any atom is 0.167 e. The van der Waals surface area contributed by atoms with Gasteiger partial charge in [0.25, 0.3) is 0 Å². The molecule has 1 aromatic carbocycles. The molecule has 0 spiro atoms. The van der Waals surface area contributed by atoms with Crippen molar-refractivity contribution in [3.63, 3.8) is 0 Å². The van der Waals surface area contributed by atoms with Crippen LogP contribution in [0, 0.1) is 11.7 Å². The van der Waals surface area contributed by atoms with E-state index < -0.39 is 0 Å². The third-order valence-electron chi connectivity index (χ3n) is 3.39. The van der Waals surface area contributed by atoms with Crippen LogP contribution in [-0.4, -0.2) is 19.7 Å². The Morgan fingerprint density at radius 1 is 1.37 bits per heavy atom. The van der Waals surface area contributed by atoms with Gasteiger partial charge in [0.1, 0.15) is 0 Å². The fourth-order valence-electron chi connectivity index (χ4n) is 2.29. The predicted molar refractivity (Wildman–Crippen MR) is 77.2 cm³/mol. The molecule has 19 heavy (non-hydrogen) atoms. The van der Waals surface area contributed by atoms with Gasteiger partial charge in [-0.3, -0.25) is 0 Å². The van der Waals surface area contributed by atoms with Crippen molar-refractivity contribution in [3.05, 3.63) is 17.9 Å². The number of benzene rings is 1. The highest BCUT2D eigenvalue weighted by Gasteiger charge is 2.25. The van der Waals surface area contributed by atoms with Crippen molar-refractivity contribution in [1.82, 2.24) is 0 Å². The minimum absolute atomic E-state index is 0.295. The predicted octanol–water partition coefficient (Wildman–Crippen LogP) is 3.43. The summed E-state index contributed by atoms with van der Waals surface area (Å²) < 4.78 is 19.0. The zero-order valence-corrected chi connectivity index (χ0v) is 11.8. The second kappa shape index (κ2) is 6.13. The molecule has 1 saturated carbocycles. The molecule has 0 heterocycles. The molecule has 1 aliphatic carbocycles. The smallest absolute Gasteiger partial charge is 0.167 e. The topological polar surface area (TPSA) is 38.5 Å². The Labute approximate surface area is 114 Å². The molecule has 1 aliphatic rings. The van der Waals surface area contributed by atoms with Crippen LogP contribution in [0.5, 0.6) is 5.75 Å². The van der Waals surface area contributed by atoms with E-state index in [0.29, 0.717) is 18.0 Å². The fraction of sp³-hybridized carbons (Fsp3) is 0.600. The quantitative estimate of drug-likeness (QED) is 0.768. The third-order valence-corrected chi connectivity index (χ3v) is 3.39. The molecule has 0 aliphatic heterocycles. The van der Waals surface area contributed by atoms with Gasteiger partial charge >= 0.3 is 0 Å². The first-order valence-corrected chi connectivity index (χ1v) is 7.12. The number of hydrogen-bond donors (Lipinski definition) is 1. The summed E-state index contributed by atoms with van der Waals surface area (Å²) >= 11 is 0. The second-order valence-electron chi connectivity index (χ2n) is 5.16. The van der Waals surface area contributed by atoms with Gasteiger partial charge in [-0.05, 0) is 32.1 Å². The SMILES string of the molecule is CCCN(CC1CC1)c1cc(OCC)c(F)cc1N. The van der Waals surface area contributed by atoms with Crippen molar-refractivity contribution in [2.45, 2.75) is 33.1 Å². The van der Waals surface area contributed by atoms with E-state index in [4.69, 9.17) is 10.5 Å². The molecule has 4 heteroatoms. The van der Waals surface area contributed by atoms with E-state index in [2.05, 4.69) is 11.8 Å². The number of anilines is 2. The number of nitrogens with two attached hydrogens (primary N) is 1. The average Bonchev–Trinajstić information content (AvgIpc) is 3.16. The van der Waals surface area contributed by atoms with Gasteiger partial charge in [0.2, 0.25) is 0 Å². The van der Waals surface area contributed by atoms with E-state index in [1.54, 1.807) is 6.07 Å². The molecule has 0 radical (unpaired) electrons. The van der Waals surface area contributed by atoms with Gasteiger partial charge in [-0.2, -0.15) is 0 Å². The van der Waals surface area contributed by atoms with Crippen LogP contribution in [0.2, 0.25) is 0 Å². The van der Waals surface area contributed by atoms with Crippen LogP contribution in [0.3, 0.4) is 0 Å². The molecular formula is C15H23FN2O. The van der Waals surface area contributed by atoms with Crippen LogP contribution >= 0.6 is 0 Å². The van der Waals surface area contributed by atoms with Crippen LogP contribution in [0.15, 0.2) is 12.1 Å². The number of hydrogen-bond acceptors (Lipinski definition) is 3. The largest absolute Gasteiger partial charge is 0.491 e. The molecule has 106 valence electrons. The second-order valence-corrected chi connectivity index (χ2v) is 5.16. The summed E-state index contributed by atoms with van der Waals surface area (Å²) in [6, 6.07) is 3.11. The van der Waals surface area contributed by atoms with Crippen LogP contribution in [0.1, 0.15) is 33.1 Å². The number of nitrogens with zero attached hydrogens (tertiary/aromatic N) is 1. The van der Waals surface area contributed by atoms with E-state index >= 15 is 0 Å². The molecule has 1 aromatic rings. The first kappa shape index (κ1) is 14.0. The zero-order chi connectivity index (χ0) is 13.8. The summed E-state index contributed by atoms with van der Waals surface area (Å²) in [4.78, 5) is 2.26. The molecule has 0 atom stereocenters. The summed E-state index contributed by atoms with van der Waals surface area (Å²) in [5.74, 6) is 0.682. The Morgan fingerprint density at radius 3 is 2.68 bits per heavy atom. The minimum atomic E-state index is -0.383. The van der Waals surface area contributed by atoms with Crippen molar-refractivity contribution < 1.29 is 9.13 Å². The molecule has 0 bridgehead atoms. The number of ether oxygens (including phenoxy) is 1. The van der Waals surface area contributed by atoms with Crippen molar-refractivity contribution in [1.29, 1.82) is 0 Å². The van der Waals surface area contributed by atoms with Gasteiger partial charge < -0.3 is 15.4 Å². The first-order valence-electron chi connectivity index (χ1n) is 7.12. The van der Waals surface area contributed by atoms with Crippen LogP contribution in [0.25, 0.3) is 0 Å². The van der Waals surface area contributed by atoms with E-state index in [0.717, 1.165) is 31.1 Å². The van der Waals surface area contributed by atoms with Crippen molar-refractivity contribution >= 4 is 11.4 Å².